The maximum atomic E-state index is 12.4. The fourth-order valence-corrected chi connectivity index (χ4v) is 2.22. The van der Waals surface area contributed by atoms with Gasteiger partial charge in [0.2, 0.25) is 0 Å². The Balaban J connectivity index is 1.74. The lowest BCUT2D eigenvalue weighted by Crippen LogP contribution is -2.07. The lowest BCUT2D eigenvalue weighted by Gasteiger charge is -2.11. The molecule has 4 heteroatoms. The minimum Gasteiger partial charge on any atom is -0.493 e. The number of benzene rings is 1. The first kappa shape index (κ1) is 14.6. The maximum Gasteiger partial charge on any atom is 0.168 e. The van der Waals surface area contributed by atoms with Gasteiger partial charge in [-0.1, -0.05) is 6.07 Å². The van der Waals surface area contributed by atoms with Gasteiger partial charge in [-0.3, -0.25) is 9.78 Å². The number of methoxy groups -OCH3 is 1. The minimum absolute atomic E-state index is 0.0256. The maximum absolute atomic E-state index is 12.4. The molecule has 1 aromatic carbocycles. The molecule has 0 aliphatic heterocycles. The van der Waals surface area contributed by atoms with Gasteiger partial charge in [0.25, 0.3) is 0 Å². The SMILES string of the molecule is COc1ccc(C(=O)Cc2ccccn2)cc1OCC1CC1. The Morgan fingerprint density at radius 2 is 2.09 bits per heavy atom. The Morgan fingerprint density at radius 3 is 2.77 bits per heavy atom. The number of ether oxygens (including phenoxy) is 2. The van der Waals surface area contributed by atoms with E-state index in [-0.39, 0.29) is 12.2 Å². The van der Waals surface area contributed by atoms with Crippen molar-refractivity contribution in [1.82, 2.24) is 4.98 Å². The van der Waals surface area contributed by atoms with Crippen LogP contribution >= 0.6 is 0 Å². The number of Topliss-reactive ketones (excluding diaryl/α,β-unsaturated/α-hetero) is 1. The number of nitrogens with zero attached hydrogens (tertiary/aromatic N) is 1. The van der Waals surface area contributed by atoms with Gasteiger partial charge in [0, 0.05) is 17.5 Å². The Kier molecular flexibility index (Phi) is 4.37. The lowest BCUT2D eigenvalue weighted by atomic mass is 10.1. The zero-order valence-corrected chi connectivity index (χ0v) is 12.6. The van der Waals surface area contributed by atoms with Crippen molar-refractivity contribution in [2.24, 2.45) is 5.92 Å². The van der Waals surface area contributed by atoms with Crippen LogP contribution in [0.2, 0.25) is 0 Å². The van der Waals surface area contributed by atoms with E-state index in [1.54, 1.807) is 31.5 Å². The molecular weight excluding hydrogens is 278 g/mol. The summed E-state index contributed by atoms with van der Waals surface area (Å²) >= 11 is 0. The van der Waals surface area contributed by atoms with Crippen molar-refractivity contribution < 1.29 is 14.3 Å². The van der Waals surface area contributed by atoms with E-state index in [0.29, 0.717) is 29.6 Å². The summed E-state index contributed by atoms with van der Waals surface area (Å²) in [6, 6.07) is 10.9. The number of hydrogen-bond acceptors (Lipinski definition) is 4. The van der Waals surface area contributed by atoms with Gasteiger partial charge in [0.05, 0.1) is 20.1 Å². The number of rotatable bonds is 7. The molecule has 0 unspecified atom stereocenters. The zero-order valence-electron chi connectivity index (χ0n) is 12.6. The van der Waals surface area contributed by atoms with Gasteiger partial charge < -0.3 is 9.47 Å². The second-order valence-corrected chi connectivity index (χ2v) is 5.54. The van der Waals surface area contributed by atoms with E-state index >= 15 is 0 Å². The number of carbonyl (C=O) groups excluding carboxylic acids is 1. The van der Waals surface area contributed by atoms with Crippen molar-refractivity contribution in [2.45, 2.75) is 19.3 Å². The molecule has 1 aliphatic carbocycles. The van der Waals surface area contributed by atoms with Crippen LogP contribution in [-0.4, -0.2) is 24.5 Å². The Morgan fingerprint density at radius 1 is 1.23 bits per heavy atom. The summed E-state index contributed by atoms with van der Waals surface area (Å²) < 4.78 is 11.1. The first-order valence-corrected chi connectivity index (χ1v) is 7.50. The van der Waals surface area contributed by atoms with Crippen LogP contribution in [0.4, 0.5) is 0 Å². The topological polar surface area (TPSA) is 48.4 Å². The summed E-state index contributed by atoms with van der Waals surface area (Å²) in [6.07, 6.45) is 4.43. The highest BCUT2D eigenvalue weighted by molar-refractivity contribution is 5.97. The van der Waals surface area contributed by atoms with E-state index in [4.69, 9.17) is 9.47 Å². The quantitative estimate of drug-likeness (QED) is 0.736. The molecule has 0 atom stereocenters. The predicted molar refractivity (Wildman–Crippen MR) is 83.5 cm³/mol. The molecule has 1 aliphatic rings. The molecule has 0 spiro atoms. The number of hydrogen-bond donors (Lipinski definition) is 0. The van der Waals surface area contributed by atoms with Crippen LogP contribution in [0.15, 0.2) is 42.6 Å². The van der Waals surface area contributed by atoms with E-state index in [1.807, 2.05) is 18.2 Å². The normalized spacial score (nSPS) is 13.7. The summed E-state index contributed by atoms with van der Waals surface area (Å²) in [6.45, 7) is 0.689. The third kappa shape index (κ3) is 3.64. The highest BCUT2D eigenvalue weighted by atomic mass is 16.5. The Bertz CT molecular complexity index is 651. The fourth-order valence-electron chi connectivity index (χ4n) is 2.22. The summed E-state index contributed by atoms with van der Waals surface area (Å²) in [7, 11) is 1.61. The molecule has 0 radical (unpaired) electrons. The van der Waals surface area contributed by atoms with Gasteiger partial charge in [0.15, 0.2) is 17.3 Å². The van der Waals surface area contributed by atoms with Crippen LogP contribution < -0.4 is 9.47 Å². The lowest BCUT2D eigenvalue weighted by molar-refractivity contribution is 0.0991. The highest BCUT2D eigenvalue weighted by Crippen LogP contribution is 2.33. The standard InChI is InChI=1S/C18H19NO3/c1-21-17-8-7-14(10-18(17)22-12-13-5-6-13)16(20)11-15-4-2-3-9-19-15/h2-4,7-10,13H,5-6,11-12H2,1H3. The van der Waals surface area contributed by atoms with Crippen molar-refractivity contribution in [3.63, 3.8) is 0 Å². The number of ketones is 1. The summed E-state index contributed by atoms with van der Waals surface area (Å²) in [5.74, 6) is 1.98. The van der Waals surface area contributed by atoms with Crippen LogP contribution in [-0.2, 0) is 6.42 Å². The molecule has 0 amide bonds. The van der Waals surface area contributed by atoms with Crippen LogP contribution in [0.3, 0.4) is 0 Å². The molecule has 2 aromatic rings. The summed E-state index contributed by atoms with van der Waals surface area (Å²) in [5, 5.41) is 0. The molecule has 0 saturated heterocycles. The van der Waals surface area contributed by atoms with Crippen LogP contribution in [0, 0.1) is 5.92 Å². The van der Waals surface area contributed by atoms with Crippen LogP contribution in [0.1, 0.15) is 28.9 Å². The molecule has 0 N–H and O–H groups in total. The van der Waals surface area contributed by atoms with Gasteiger partial charge in [-0.15, -0.1) is 0 Å². The van der Waals surface area contributed by atoms with E-state index in [2.05, 4.69) is 4.98 Å². The number of carbonyl (C=O) groups is 1. The summed E-state index contributed by atoms with van der Waals surface area (Å²) in [5.41, 5.74) is 1.39. The molecule has 1 aromatic heterocycles. The summed E-state index contributed by atoms with van der Waals surface area (Å²) in [4.78, 5) is 16.6. The first-order valence-electron chi connectivity index (χ1n) is 7.50. The first-order chi connectivity index (χ1) is 10.8. The van der Waals surface area contributed by atoms with Gasteiger partial charge >= 0.3 is 0 Å². The largest absolute Gasteiger partial charge is 0.493 e. The molecule has 4 nitrogen and oxygen atoms in total. The monoisotopic (exact) mass is 297 g/mol. The van der Waals surface area contributed by atoms with Crippen molar-refractivity contribution in [2.75, 3.05) is 13.7 Å². The van der Waals surface area contributed by atoms with E-state index in [0.717, 1.165) is 5.69 Å². The van der Waals surface area contributed by atoms with Crippen molar-refractivity contribution in [1.29, 1.82) is 0 Å². The predicted octanol–water partition coefficient (Wildman–Crippen LogP) is 3.30. The molecule has 114 valence electrons. The third-order valence-corrected chi connectivity index (χ3v) is 3.72. The van der Waals surface area contributed by atoms with Crippen molar-refractivity contribution in [3.05, 3.63) is 53.9 Å². The van der Waals surface area contributed by atoms with E-state index in [9.17, 15) is 4.79 Å². The van der Waals surface area contributed by atoms with Gasteiger partial charge in [-0.25, -0.2) is 0 Å². The Hall–Kier alpha value is -2.36. The molecule has 1 heterocycles. The minimum atomic E-state index is 0.0256. The zero-order chi connectivity index (χ0) is 15.4. The molecular formula is C18H19NO3. The van der Waals surface area contributed by atoms with Crippen molar-refractivity contribution in [3.8, 4) is 11.5 Å². The van der Waals surface area contributed by atoms with Crippen LogP contribution in [0.5, 0.6) is 11.5 Å². The second kappa shape index (κ2) is 6.60. The van der Waals surface area contributed by atoms with Crippen molar-refractivity contribution >= 4 is 5.78 Å². The average Bonchev–Trinajstić information content (AvgIpc) is 3.38. The molecule has 0 bridgehead atoms. The fraction of sp³-hybridized carbons (Fsp3) is 0.333. The smallest absolute Gasteiger partial charge is 0.168 e. The number of aromatic nitrogens is 1. The van der Waals surface area contributed by atoms with Crippen LogP contribution in [0.25, 0.3) is 0 Å². The van der Waals surface area contributed by atoms with Gasteiger partial charge in [-0.05, 0) is 49.1 Å². The molecule has 1 fully saturated rings. The highest BCUT2D eigenvalue weighted by Gasteiger charge is 2.23. The van der Waals surface area contributed by atoms with Gasteiger partial charge in [-0.2, -0.15) is 0 Å². The average molecular weight is 297 g/mol. The van der Waals surface area contributed by atoms with Gasteiger partial charge in [0.1, 0.15) is 0 Å². The molecule has 22 heavy (non-hydrogen) atoms. The van der Waals surface area contributed by atoms with E-state index in [1.165, 1.54) is 12.8 Å². The van der Waals surface area contributed by atoms with E-state index < -0.39 is 0 Å². The second-order valence-electron chi connectivity index (χ2n) is 5.54. The number of pyridine rings is 1. The molecule has 3 rings (SSSR count). The third-order valence-electron chi connectivity index (χ3n) is 3.72. The Labute approximate surface area is 130 Å². The molecule has 1 saturated carbocycles.